The molecule has 1 fully saturated rings. The summed E-state index contributed by atoms with van der Waals surface area (Å²) in [6, 6.07) is 0. The second-order valence-electron chi connectivity index (χ2n) is 6.93. The second kappa shape index (κ2) is 11.5. The van der Waals surface area contributed by atoms with E-state index in [-0.39, 0.29) is 0 Å². The lowest BCUT2D eigenvalue weighted by molar-refractivity contribution is -0.132. The van der Waals surface area contributed by atoms with Gasteiger partial charge in [0.05, 0.1) is 0 Å². The minimum atomic E-state index is 0.332. The van der Waals surface area contributed by atoms with Crippen molar-refractivity contribution in [3.63, 3.8) is 0 Å². The molecule has 0 atom stereocenters. The average Bonchev–Trinajstić information content (AvgIpc) is 3.31. The number of rotatable bonds is 12. The molecule has 1 saturated carbocycles. The predicted octanol–water partition coefficient (Wildman–Crippen LogP) is 5.35. The third kappa shape index (κ3) is 9.07. The number of unbranched alkanes of at least 4 members (excludes halogenated alkanes) is 4. The van der Waals surface area contributed by atoms with Gasteiger partial charge in [-0.15, -0.1) is 0 Å². The summed E-state index contributed by atoms with van der Waals surface area (Å²) in [5.41, 5.74) is 0. The summed E-state index contributed by atoms with van der Waals surface area (Å²) in [6.45, 7) is 8.27. The zero-order chi connectivity index (χ0) is 16.2. The van der Waals surface area contributed by atoms with E-state index in [0.717, 1.165) is 38.8 Å². The zero-order valence-corrected chi connectivity index (χ0v) is 14.9. The third-order valence-electron chi connectivity index (χ3n) is 3.96. The van der Waals surface area contributed by atoms with E-state index in [4.69, 9.17) is 0 Å². The third-order valence-corrected chi connectivity index (χ3v) is 3.96. The molecule has 1 aliphatic carbocycles. The summed E-state index contributed by atoms with van der Waals surface area (Å²) >= 11 is 0. The van der Waals surface area contributed by atoms with E-state index >= 15 is 0 Å². The van der Waals surface area contributed by atoms with Crippen LogP contribution in [0.1, 0.15) is 72.1 Å². The first-order valence-electron chi connectivity index (χ1n) is 9.24. The number of nitrogens with zero attached hydrogens (tertiary/aromatic N) is 1. The minimum Gasteiger partial charge on any atom is -0.338 e. The maximum Gasteiger partial charge on any atom is 0.225 e. The lowest BCUT2D eigenvalue weighted by Crippen LogP contribution is -2.35. The molecule has 0 N–H and O–H groups in total. The van der Waals surface area contributed by atoms with Gasteiger partial charge in [-0.3, -0.25) is 4.79 Å². The van der Waals surface area contributed by atoms with E-state index in [1.165, 1.54) is 25.7 Å². The normalized spacial score (nSPS) is 15.3. The molecule has 1 aliphatic rings. The quantitative estimate of drug-likeness (QED) is 0.351. The molecule has 0 saturated heterocycles. The van der Waals surface area contributed by atoms with Crippen molar-refractivity contribution in [1.82, 2.24) is 4.90 Å². The molecule has 0 aromatic rings. The van der Waals surface area contributed by atoms with E-state index in [0.29, 0.717) is 17.7 Å². The van der Waals surface area contributed by atoms with Crippen LogP contribution in [-0.2, 0) is 4.79 Å². The number of allylic oxidation sites excluding steroid dienone is 3. The lowest BCUT2D eigenvalue weighted by atomic mass is 10.1. The molecule has 2 nitrogen and oxygen atoms in total. The summed E-state index contributed by atoms with van der Waals surface area (Å²) in [4.78, 5) is 14.3. The highest BCUT2D eigenvalue weighted by atomic mass is 16.2. The summed E-state index contributed by atoms with van der Waals surface area (Å²) in [5.74, 6) is 1.24. The van der Waals surface area contributed by atoms with E-state index in [9.17, 15) is 4.79 Å². The summed E-state index contributed by atoms with van der Waals surface area (Å²) < 4.78 is 0. The Morgan fingerprint density at radius 2 is 1.68 bits per heavy atom. The number of hydrogen-bond donors (Lipinski definition) is 0. The van der Waals surface area contributed by atoms with Crippen molar-refractivity contribution >= 4 is 5.91 Å². The van der Waals surface area contributed by atoms with Gasteiger partial charge in [-0.2, -0.15) is 0 Å². The minimum absolute atomic E-state index is 0.332. The van der Waals surface area contributed by atoms with Gasteiger partial charge in [-0.05, 0) is 44.4 Å². The molecule has 0 radical (unpaired) electrons. The van der Waals surface area contributed by atoms with Crippen molar-refractivity contribution in [2.75, 3.05) is 13.1 Å². The van der Waals surface area contributed by atoms with Gasteiger partial charge in [0.1, 0.15) is 0 Å². The number of carbonyl (C=O) groups excluding carboxylic acids is 1. The topological polar surface area (TPSA) is 20.3 Å². The van der Waals surface area contributed by atoms with E-state index < -0.39 is 0 Å². The highest BCUT2D eigenvalue weighted by Crippen LogP contribution is 2.31. The van der Waals surface area contributed by atoms with Gasteiger partial charge < -0.3 is 4.90 Å². The fourth-order valence-electron chi connectivity index (χ4n) is 2.54. The Morgan fingerprint density at radius 3 is 2.27 bits per heavy atom. The molecule has 2 heteroatoms. The smallest absolute Gasteiger partial charge is 0.225 e. The standard InChI is InChI=1S/C20H35NO/c1-4-5-6-7-8-9-10-11-12-13-16-21(17-18(2)3)20(22)19-14-15-19/h8-9,12-13,18-19H,4-7,10-11,14-17H2,1-3H3/b9-8-,13-12+. The van der Waals surface area contributed by atoms with Gasteiger partial charge in [-0.1, -0.05) is 57.9 Å². The van der Waals surface area contributed by atoms with Gasteiger partial charge >= 0.3 is 0 Å². The fraction of sp³-hybridized carbons (Fsp3) is 0.750. The summed E-state index contributed by atoms with van der Waals surface area (Å²) in [5, 5.41) is 0. The molecule has 0 aromatic heterocycles. The van der Waals surface area contributed by atoms with Gasteiger partial charge in [0, 0.05) is 19.0 Å². The van der Waals surface area contributed by atoms with Gasteiger partial charge in [0.2, 0.25) is 5.91 Å². The molecular formula is C20H35NO. The van der Waals surface area contributed by atoms with Crippen LogP contribution >= 0.6 is 0 Å². The van der Waals surface area contributed by atoms with Crippen molar-refractivity contribution < 1.29 is 4.79 Å². The molecule has 0 unspecified atom stereocenters. The van der Waals surface area contributed by atoms with Crippen LogP contribution in [0.5, 0.6) is 0 Å². The van der Waals surface area contributed by atoms with Crippen LogP contribution < -0.4 is 0 Å². The Bertz CT molecular complexity index is 353. The first kappa shape index (κ1) is 19.0. The van der Waals surface area contributed by atoms with Gasteiger partial charge in [0.25, 0.3) is 0 Å². The van der Waals surface area contributed by atoms with Crippen molar-refractivity contribution in [2.24, 2.45) is 11.8 Å². The Hall–Kier alpha value is -1.05. The van der Waals surface area contributed by atoms with Crippen LogP contribution in [0, 0.1) is 11.8 Å². The molecule has 0 spiro atoms. The number of hydrogen-bond acceptors (Lipinski definition) is 1. The van der Waals surface area contributed by atoms with E-state index in [2.05, 4.69) is 45.1 Å². The maximum absolute atomic E-state index is 12.2. The molecule has 0 aliphatic heterocycles. The summed E-state index contributed by atoms with van der Waals surface area (Å²) in [6.07, 6.45) is 18.6. The molecule has 1 amide bonds. The molecule has 0 heterocycles. The van der Waals surface area contributed by atoms with Crippen LogP contribution in [0.2, 0.25) is 0 Å². The number of amides is 1. The Kier molecular flexibility index (Phi) is 9.94. The molecule has 126 valence electrons. The largest absolute Gasteiger partial charge is 0.338 e. The van der Waals surface area contributed by atoms with Crippen molar-refractivity contribution in [3.05, 3.63) is 24.3 Å². The van der Waals surface area contributed by atoms with Crippen LogP contribution in [0.4, 0.5) is 0 Å². The first-order chi connectivity index (χ1) is 10.6. The first-order valence-corrected chi connectivity index (χ1v) is 9.24. The predicted molar refractivity (Wildman–Crippen MR) is 95.8 cm³/mol. The van der Waals surface area contributed by atoms with Crippen LogP contribution in [0.15, 0.2) is 24.3 Å². The molecular weight excluding hydrogens is 270 g/mol. The maximum atomic E-state index is 12.2. The second-order valence-corrected chi connectivity index (χ2v) is 6.93. The van der Waals surface area contributed by atoms with Crippen LogP contribution in [-0.4, -0.2) is 23.9 Å². The lowest BCUT2D eigenvalue weighted by Gasteiger charge is -2.23. The monoisotopic (exact) mass is 305 g/mol. The highest BCUT2D eigenvalue weighted by molar-refractivity contribution is 5.81. The van der Waals surface area contributed by atoms with Gasteiger partial charge in [-0.25, -0.2) is 0 Å². The van der Waals surface area contributed by atoms with Crippen molar-refractivity contribution in [1.29, 1.82) is 0 Å². The fourth-order valence-corrected chi connectivity index (χ4v) is 2.54. The van der Waals surface area contributed by atoms with Gasteiger partial charge in [0.15, 0.2) is 0 Å². The molecule has 0 bridgehead atoms. The van der Waals surface area contributed by atoms with E-state index in [1.54, 1.807) is 0 Å². The summed E-state index contributed by atoms with van der Waals surface area (Å²) in [7, 11) is 0. The Labute approximate surface area is 137 Å². The molecule has 22 heavy (non-hydrogen) atoms. The van der Waals surface area contributed by atoms with Crippen LogP contribution in [0.25, 0.3) is 0 Å². The molecule has 1 rings (SSSR count). The zero-order valence-electron chi connectivity index (χ0n) is 14.9. The van der Waals surface area contributed by atoms with Crippen molar-refractivity contribution in [2.45, 2.75) is 72.1 Å². The van der Waals surface area contributed by atoms with E-state index in [1.807, 2.05) is 4.90 Å². The average molecular weight is 306 g/mol. The van der Waals surface area contributed by atoms with Crippen LogP contribution in [0.3, 0.4) is 0 Å². The van der Waals surface area contributed by atoms with Crippen molar-refractivity contribution in [3.8, 4) is 0 Å². The highest BCUT2D eigenvalue weighted by Gasteiger charge is 2.33. The Balaban J connectivity index is 2.16. The SMILES string of the molecule is CCCCC/C=C\CC/C=C/CN(CC(C)C)C(=O)C1CC1. The molecule has 0 aromatic carbocycles. The Morgan fingerprint density at radius 1 is 1.05 bits per heavy atom. The number of carbonyl (C=O) groups is 1.